The molecule has 3 atom stereocenters. The number of aromatic hydroxyl groups is 1. The molecule has 4 N–H and O–H groups in total. The predicted molar refractivity (Wildman–Crippen MR) is 133 cm³/mol. The third-order valence-corrected chi connectivity index (χ3v) is 7.17. The quantitative estimate of drug-likeness (QED) is 0.292. The molecule has 14 heteroatoms. The van der Waals surface area contributed by atoms with E-state index in [1.165, 1.54) is 31.2 Å². The van der Waals surface area contributed by atoms with Crippen LogP contribution in [0, 0.1) is 25.1 Å². The molecule has 0 spiro atoms. The largest absolute Gasteiger partial charge is 0.508 e. The molecule has 0 aliphatic carbocycles. The number of hydrogen-bond acceptors (Lipinski definition) is 5. The maximum atomic E-state index is 14.9. The van der Waals surface area contributed by atoms with Crippen LogP contribution in [0.1, 0.15) is 40.9 Å². The van der Waals surface area contributed by atoms with E-state index < -0.39 is 72.3 Å². The number of aliphatic hydroxyl groups is 1. The molecule has 8 nitrogen and oxygen atoms in total. The number of nitrogens with zero attached hydrogens (tertiary/aromatic N) is 1. The number of amides is 3. The van der Waals surface area contributed by atoms with Crippen LogP contribution < -0.4 is 10.6 Å². The average Bonchev–Trinajstić information content (AvgIpc) is 3.02. The summed E-state index contributed by atoms with van der Waals surface area (Å²) in [6.45, 7) is 3.14. The SMILES string of the molecule is Cc1cc(O)c(C)c(C(=O)N[C@@H](Cc2cccc(F)c2)[C@H](O)C(=O)N2CC(F)(F)C(C)(C)[C@@H]2C(=O)NC(F)(F)F)c1. The van der Waals surface area contributed by atoms with E-state index in [0.29, 0.717) is 10.9 Å². The van der Waals surface area contributed by atoms with E-state index >= 15 is 0 Å². The summed E-state index contributed by atoms with van der Waals surface area (Å²) in [6.07, 6.45) is -8.06. The van der Waals surface area contributed by atoms with Crippen molar-refractivity contribution in [2.45, 2.75) is 64.5 Å². The Kier molecular flexibility index (Phi) is 8.68. The van der Waals surface area contributed by atoms with Crippen molar-refractivity contribution in [3.05, 3.63) is 64.5 Å². The summed E-state index contributed by atoms with van der Waals surface area (Å²) in [5, 5.41) is 24.2. The van der Waals surface area contributed by atoms with Crippen LogP contribution in [0.3, 0.4) is 0 Å². The lowest BCUT2D eigenvalue weighted by atomic mass is 9.81. The van der Waals surface area contributed by atoms with Crippen LogP contribution in [-0.2, 0) is 16.0 Å². The van der Waals surface area contributed by atoms with Gasteiger partial charge >= 0.3 is 6.30 Å². The van der Waals surface area contributed by atoms with E-state index in [1.54, 1.807) is 6.92 Å². The minimum Gasteiger partial charge on any atom is -0.508 e. The molecule has 1 fully saturated rings. The number of likely N-dealkylation sites (tertiary alicyclic amines) is 1. The van der Waals surface area contributed by atoms with Crippen LogP contribution >= 0.6 is 0 Å². The molecule has 1 saturated heterocycles. The predicted octanol–water partition coefficient (Wildman–Crippen LogP) is 3.36. The van der Waals surface area contributed by atoms with E-state index in [9.17, 15) is 50.9 Å². The number of phenolic OH excluding ortho intramolecular Hbond substituents is 1. The second-order valence-corrected chi connectivity index (χ2v) is 10.6. The minimum atomic E-state index is -5.29. The third kappa shape index (κ3) is 6.75. The van der Waals surface area contributed by atoms with E-state index in [-0.39, 0.29) is 27.3 Å². The lowest BCUT2D eigenvalue weighted by Crippen LogP contribution is -2.59. The Morgan fingerprint density at radius 3 is 2.34 bits per heavy atom. The maximum Gasteiger partial charge on any atom is 0.484 e. The normalized spacial score (nSPS) is 19.4. The Balaban J connectivity index is 2.00. The number of halogens is 6. The Morgan fingerprint density at radius 1 is 1.12 bits per heavy atom. The van der Waals surface area contributed by atoms with Crippen LogP contribution in [0.2, 0.25) is 0 Å². The van der Waals surface area contributed by atoms with Gasteiger partial charge in [0.15, 0.2) is 6.10 Å². The number of phenols is 1. The van der Waals surface area contributed by atoms with Crippen molar-refractivity contribution in [3.8, 4) is 5.75 Å². The maximum absolute atomic E-state index is 14.9. The highest BCUT2D eigenvalue weighted by molar-refractivity contribution is 5.97. The number of benzene rings is 2. The van der Waals surface area contributed by atoms with Gasteiger partial charge in [-0.25, -0.2) is 13.2 Å². The van der Waals surface area contributed by atoms with Crippen molar-refractivity contribution in [2.24, 2.45) is 5.41 Å². The summed E-state index contributed by atoms with van der Waals surface area (Å²) in [5.74, 6) is -9.15. The first kappa shape index (κ1) is 31.7. The van der Waals surface area contributed by atoms with Gasteiger partial charge in [-0.05, 0) is 55.7 Å². The zero-order chi connectivity index (χ0) is 31.1. The molecule has 2 aromatic rings. The minimum absolute atomic E-state index is 0.0531. The van der Waals surface area contributed by atoms with Crippen LogP contribution in [-0.4, -0.2) is 69.8 Å². The number of carbonyl (C=O) groups excluding carboxylic acids is 3. The van der Waals surface area contributed by atoms with Crippen molar-refractivity contribution >= 4 is 17.7 Å². The van der Waals surface area contributed by atoms with Crippen LogP contribution in [0.15, 0.2) is 36.4 Å². The Labute approximate surface area is 231 Å². The Hall–Kier alpha value is -3.81. The van der Waals surface area contributed by atoms with Gasteiger partial charge in [0, 0.05) is 11.1 Å². The number of carbonyl (C=O) groups is 3. The fourth-order valence-corrected chi connectivity index (χ4v) is 4.80. The molecule has 0 saturated carbocycles. The van der Waals surface area contributed by atoms with Crippen molar-refractivity contribution in [3.63, 3.8) is 0 Å². The summed E-state index contributed by atoms with van der Waals surface area (Å²) >= 11 is 0. The second kappa shape index (κ2) is 11.2. The molecular formula is C27H29F6N3O5. The third-order valence-electron chi connectivity index (χ3n) is 7.17. The number of hydrogen-bond donors (Lipinski definition) is 4. The monoisotopic (exact) mass is 589 g/mol. The topological polar surface area (TPSA) is 119 Å². The number of aliphatic hydroxyl groups excluding tert-OH is 1. The molecule has 41 heavy (non-hydrogen) atoms. The summed E-state index contributed by atoms with van der Waals surface area (Å²) in [5.41, 5.74) is -1.73. The molecule has 0 aromatic heterocycles. The van der Waals surface area contributed by atoms with Gasteiger partial charge in [0.1, 0.15) is 17.6 Å². The van der Waals surface area contributed by atoms with Gasteiger partial charge in [-0.15, -0.1) is 0 Å². The standard InChI is InChI=1S/C27H29F6N3O5/c1-13-8-17(14(2)19(37)9-13)22(39)34-18(11-15-6-5-7-16(28)10-15)20(38)24(41)36-12-26(29,30)25(3,4)21(36)23(40)35-27(31,32)33/h5-10,18,20-21,37-38H,11-12H2,1-4H3,(H,34,39)(H,35,40)/t18-,20-,21-/m0/s1. The van der Waals surface area contributed by atoms with Gasteiger partial charge in [-0.3, -0.25) is 19.7 Å². The average molecular weight is 590 g/mol. The van der Waals surface area contributed by atoms with Gasteiger partial charge in [-0.2, -0.15) is 13.2 Å². The highest BCUT2D eigenvalue weighted by atomic mass is 19.4. The van der Waals surface area contributed by atoms with E-state index in [1.807, 2.05) is 0 Å². The van der Waals surface area contributed by atoms with E-state index in [2.05, 4.69) is 5.32 Å². The summed E-state index contributed by atoms with van der Waals surface area (Å²) < 4.78 is 82.4. The van der Waals surface area contributed by atoms with Gasteiger partial charge in [0.05, 0.1) is 18.0 Å². The van der Waals surface area contributed by atoms with Gasteiger partial charge < -0.3 is 20.4 Å². The zero-order valence-corrected chi connectivity index (χ0v) is 22.4. The van der Waals surface area contributed by atoms with Gasteiger partial charge in [0.25, 0.3) is 17.7 Å². The van der Waals surface area contributed by atoms with Gasteiger partial charge in [-0.1, -0.05) is 26.0 Å². The molecular weight excluding hydrogens is 560 g/mol. The Bertz CT molecular complexity index is 1350. The fraction of sp³-hybridized carbons (Fsp3) is 0.444. The van der Waals surface area contributed by atoms with Crippen molar-refractivity contribution in [2.75, 3.05) is 6.54 Å². The smallest absolute Gasteiger partial charge is 0.484 e. The van der Waals surface area contributed by atoms with Crippen LogP contribution in [0.5, 0.6) is 5.75 Å². The van der Waals surface area contributed by atoms with Crippen molar-refractivity contribution in [1.29, 1.82) is 0 Å². The molecule has 2 aromatic carbocycles. The number of nitrogens with one attached hydrogen (secondary N) is 2. The fourth-order valence-electron chi connectivity index (χ4n) is 4.80. The number of alkyl halides is 5. The Morgan fingerprint density at radius 2 is 1.76 bits per heavy atom. The first-order valence-corrected chi connectivity index (χ1v) is 12.4. The molecule has 1 aliphatic heterocycles. The lowest BCUT2D eigenvalue weighted by Gasteiger charge is -2.34. The van der Waals surface area contributed by atoms with Crippen LogP contribution in [0.25, 0.3) is 0 Å². The molecule has 0 unspecified atom stereocenters. The van der Waals surface area contributed by atoms with Crippen molar-refractivity contribution < 1.29 is 50.9 Å². The molecule has 3 amide bonds. The molecule has 1 aliphatic rings. The second-order valence-electron chi connectivity index (χ2n) is 10.6. The first-order valence-electron chi connectivity index (χ1n) is 12.4. The lowest BCUT2D eigenvalue weighted by molar-refractivity contribution is -0.177. The first-order chi connectivity index (χ1) is 18.7. The molecule has 3 rings (SSSR count). The molecule has 0 radical (unpaired) electrons. The van der Waals surface area contributed by atoms with Gasteiger partial charge in [0.2, 0.25) is 5.91 Å². The number of rotatable bonds is 7. The molecule has 224 valence electrons. The highest BCUT2D eigenvalue weighted by Crippen LogP contribution is 2.48. The summed E-state index contributed by atoms with van der Waals surface area (Å²) in [7, 11) is 0. The molecule has 1 heterocycles. The highest BCUT2D eigenvalue weighted by Gasteiger charge is 2.65. The summed E-state index contributed by atoms with van der Waals surface area (Å²) in [4.78, 5) is 39.2. The zero-order valence-electron chi connectivity index (χ0n) is 22.4. The summed E-state index contributed by atoms with van der Waals surface area (Å²) in [6, 6.07) is 3.67. The van der Waals surface area contributed by atoms with Crippen molar-refractivity contribution in [1.82, 2.24) is 15.5 Å². The van der Waals surface area contributed by atoms with Crippen LogP contribution in [0.4, 0.5) is 26.3 Å². The van der Waals surface area contributed by atoms with E-state index in [4.69, 9.17) is 0 Å². The molecule has 0 bridgehead atoms. The van der Waals surface area contributed by atoms with E-state index in [0.717, 1.165) is 26.0 Å². The number of aryl methyl sites for hydroxylation is 1.